The number of rotatable bonds is 2. The van der Waals surface area contributed by atoms with Gasteiger partial charge in [0, 0.05) is 11.1 Å². The molecule has 0 spiro atoms. The number of aromatic nitrogens is 1. The quantitative estimate of drug-likeness (QED) is 0.498. The van der Waals surface area contributed by atoms with Crippen LogP contribution in [0, 0.1) is 13.8 Å². The fourth-order valence-corrected chi connectivity index (χ4v) is 2.61. The first-order valence-electron chi connectivity index (χ1n) is 7.23. The zero-order valence-corrected chi connectivity index (χ0v) is 12.5. The van der Waals surface area contributed by atoms with E-state index < -0.39 is 0 Å². The van der Waals surface area contributed by atoms with Gasteiger partial charge in [0.15, 0.2) is 5.58 Å². The van der Waals surface area contributed by atoms with Crippen molar-refractivity contribution >= 4 is 11.1 Å². The molecule has 0 aliphatic heterocycles. The maximum atomic E-state index is 5.91. The minimum absolute atomic E-state index is 0.633. The lowest BCUT2D eigenvalue weighted by atomic mass is 10.0. The molecule has 0 aliphatic rings. The van der Waals surface area contributed by atoms with Crippen LogP contribution in [0.1, 0.15) is 11.1 Å². The summed E-state index contributed by atoms with van der Waals surface area (Å²) in [5.41, 5.74) is 6.02. The Balaban J connectivity index is 1.86. The van der Waals surface area contributed by atoms with Gasteiger partial charge in [0.05, 0.1) is 6.26 Å². The van der Waals surface area contributed by atoms with Crippen LogP contribution in [0.5, 0.6) is 0 Å². The van der Waals surface area contributed by atoms with Crippen molar-refractivity contribution in [3.8, 4) is 22.8 Å². The number of benzene rings is 2. The largest absolute Gasteiger partial charge is 0.464 e. The van der Waals surface area contributed by atoms with Gasteiger partial charge in [-0.2, -0.15) is 0 Å². The van der Waals surface area contributed by atoms with Gasteiger partial charge >= 0.3 is 0 Å². The summed E-state index contributed by atoms with van der Waals surface area (Å²) in [6, 6.07) is 16.0. The van der Waals surface area contributed by atoms with Gasteiger partial charge in [0.2, 0.25) is 5.89 Å². The molecule has 2 aromatic carbocycles. The number of hydrogen-bond acceptors (Lipinski definition) is 3. The second-order valence-corrected chi connectivity index (χ2v) is 5.50. The summed E-state index contributed by atoms with van der Waals surface area (Å²) in [4.78, 5) is 4.58. The fraction of sp³-hybridized carbons (Fsp3) is 0.105. The van der Waals surface area contributed by atoms with Gasteiger partial charge in [-0.25, -0.2) is 4.98 Å². The van der Waals surface area contributed by atoms with Gasteiger partial charge in [-0.05, 0) is 61.4 Å². The average Bonchev–Trinajstić information content (AvgIpc) is 3.16. The van der Waals surface area contributed by atoms with E-state index in [1.54, 1.807) is 6.26 Å². The molecule has 2 heterocycles. The third-order valence-electron chi connectivity index (χ3n) is 3.82. The van der Waals surface area contributed by atoms with Crippen molar-refractivity contribution in [3.05, 3.63) is 65.9 Å². The average molecular weight is 289 g/mol. The maximum absolute atomic E-state index is 5.91. The third-order valence-corrected chi connectivity index (χ3v) is 3.82. The number of aryl methyl sites for hydroxylation is 2. The summed E-state index contributed by atoms with van der Waals surface area (Å²) in [5.74, 6) is 1.49. The molecule has 22 heavy (non-hydrogen) atoms. The molecule has 0 saturated heterocycles. The number of furan rings is 1. The Bertz CT molecular complexity index is 949. The van der Waals surface area contributed by atoms with Crippen molar-refractivity contribution in [2.24, 2.45) is 0 Å². The normalized spacial score (nSPS) is 11.2. The molecule has 0 N–H and O–H groups in total. The summed E-state index contributed by atoms with van der Waals surface area (Å²) in [6.45, 7) is 4.11. The molecule has 0 amide bonds. The van der Waals surface area contributed by atoms with E-state index in [0.717, 1.165) is 39.1 Å². The molecular weight excluding hydrogens is 274 g/mol. The van der Waals surface area contributed by atoms with E-state index in [4.69, 9.17) is 8.83 Å². The van der Waals surface area contributed by atoms with E-state index >= 15 is 0 Å². The minimum Gasteiger partial charge on any atom is -0.464 e. The Morgan fingerprint density at radius 3 is 2.68 bits per heavy atom. The summed E-state index contributed by atoms with van der Waals surface area (Å²) in [7, 11) is 0. The van der Waals surface area contributed by atoms with Crippen LogP contribution in [0.15, 0.2) is 63.6 Å². The van der Waals surface area contributed by atoms with E-state index in [9.17, 15) is 0 Å². The minimum atomic E-state index is 0.633. The smallest absolute Gasteiger partial charge is 0.227 e. The van der Waals surface area contributed by atoms with Crippen LogP contribution in [0.2, 0.25) is 0 Å². The Morgan fingerprint density at radius 1 is 0.955 bits per heavy atom. The first-order valence-corrected chi connectivity index (χ1v) is 7.23. The highest BCUT2D eigenvalue weighted by atomic mass is 16.3. The first-order chi connectivity index (χ1) is 10.7. The van der Waals surface area contributed by atoms with Gasteiger partial charge in [-0.15, -0.1) is 0 Å². The molecule has 0 unspecified atom stereocenters. The third kappa shape index (κ3) is 2.11. The molecule has 4 rings (SSSR count). The van der Waals surface area contributed by atoms with Crippen LogP contribution >= 0.6 is 0 Å². The lowest BCUT2D eigenvalue weighted by molar-refractivity contribution is 0.582. The highest BCUT2D eigenvalue weighted by Gasteiger charge is 2.12. The molecule has 108 valence electrons. The highest BCUT2D eigenvalue weighted by molar-refractivity contribution is 5.78. The number of nitrogens with zero attached hydrogens (tertiary/aromatic N) is 1. The summed E-state index contributed by atoms with van der Waals surface area (Å²) >= 11 is 0. The Kier molecular flexibility index (Phi) is 2.86. The first kappa shape index (κ1) is 12.9. The van der Waals surface area contributed by atoms with Crippen LogP contribution in [-0.2, 0) is 0 Å². The molecule has 0 atom stereocenters. The number of oxazole rings is 1. The van der Waals surface area contributed by atoms with Crippen molar-refractivity contribution in [3.63, 3.8) is 0 Å². The van der Waals surface area contributed by atoms with Crippen LogP contribution in [0.4, 0.5) is 0 Å². The van der Waals surface area contributed by atoms with E-state index in [-0.39, 0.29) is 0 Å². The molecule has 4 aromatic rings. The molecule has 0 fully saturated rings. The maximum Gasteiger partial charge on any atom is 0.227 e. The topological polar surface area (TPSA) is 39.2 Å². The lowest BCUT2D eigenvalue weighted by Gasteiger charge is -2.04. The number of fused-ring (bicyclic) bond motifs is 1. The van der Waals surface area contributed by atoms with Crippen LogP contribution in [0.25, 0.3) is 33.9 Å². The van der Waals surface area contributed by atoms with Crippen LogP contribution < -0.4 is 0 Å². The zero-order chi connectivity index (χ0) is 15.1. The molecule has 3 heteroatoms. The van der Waals surface area contributed by atoms with Gasteiger partial charge in [0.1, 0.15) is 11.3 Å². The summed E-state index contributed by atoms with van der Waals surface area (Å²) in [6.07, 6.45) is 1.68. The highest BCUT2D eigenvalue weighted by Crippen LogP contribution is 2.31. The Labute approximate surface area is 128 Å². The Morgan fingerprint density at radius 2 is 1.86 bits per heavy atom. The number of hydrogen-bond donors (Lipinski definition) is 0. The Hall–Kier alpha value is -2.81. The monoisotopic (exact) mass is 289 g/mol. The fourth-order valence-electron chi connectivity index (χ4n) is 2.61. The van der Waals surface area contributed by atoms with Gasteiger partial charge in [0.25, 0.3) is 0 Å². The van der Waals surface area contributed by atoms with Gasteiger partial charge in [-0.1, -0.05) is 12.1 Å². The molecular formula is C19H15NO2. The van der Waals surface area contributed by atoms with Gasteiger partial charge in [-0.3, -0.25) is 0 Å². The van der Waals surface area contributed by atoms with Crippen molar-refractivity contribution < 1.29 is 8.83 Å². The second-order valence-electron chi connectivity index (χ2n) is 5.50. The molecule has 3 nitrogen and oxygen atoms in total. The van der Waals surface area contributed by atoms with E-state index in [1.165, 1.54) is 0 Å². The molecule has 0 radical (unpaired) electrons. The molecule has 2 aromatic heterocycles. The predicted molar refractivity (Wildman–Crippen MR) is 86.6 cm³/mol. The van der Waals surface area contributed by atoms with Crippen molar-refractivity contribution in [1.82, 2.24) is 4.98 Å². The van der Waals surface area contributed by atoms with E-state index in [1.807, 2.05) is 43.3 Å². The van der Waals surface area contributed by atoms with Crippen molar-refractivity contribution in [2.75, 3.05) is 0 Å². The predicted octanol–water partition coefficient (Wildman–Crippen LogP) is 5.37. The lowest BCUT2D eigenvalue weighted by Crippen LogP contribution is -1.84. The molecule has 0 bridgehead atoms. The summed E-state index contributed by atoms with van der Waals surface area (Å²) < 4.78 is 11.4. The van der Waals surface area contributed by atoms with Crippen molar-refractivity contribution in [2.45, 2.75) is 13.8 Å². The van der Waals surface area contributed by atoms with Crippen molar-refractivity contribution in [1.29, 1.82) is 0 Å². The molecule has 0 aliphatic carbocycles. The summed E-state index contributed by atoms with van der Waals surface area (Å²) in [5, 5.41) is 0. The van der Waals surface area contributed by atoms with Crippen LogP contribution in [-0.4, -0.2) is 4.98 Å². The molecule has 0 saturated carbocycles. The second kappa shape index (κ2) is 4.88. The zero-order valence-electron chi connectivity index (χ0n) is 12.5. The SMILES string of the molecule is Cc1ccc2nc(-c3ccc(C)c(-c4ccco4)c3)oc2c1. The standard InChI is InChI=1S/C19H15NO2/c1-12-5-8-16-18(10-12)22-19(20-16)14-7-6-13(2)15(11-14)17-4-3-9-21-17/h3-11H,1-2H3. The van der Waals surface area contributed by atoms with E-state index in [0.29, 0.717) is 5.89 Å². The van der Waals surface area contributed by atoms with Crippen LogP contribution in [0.3, 0.4) is 0 Å². The van der Waals surface area contributed by atoms with Gasteiger partial charge < -0.3 is 8.83 Å². The van der Waals surface area contributed by atoms with E-state index in [2.05, 4.69) is 24.0 Å².